The lowest BCUT2D eigenvalue weighted by Gasteiger charge is -2.25. The third-order valence-corrected chi connectivity index (χ3v) is 8.19. The highest BCUT2D eigenvalue weighted by atomic mass is 32.2. The van der Waals surface area contributed by atoms with E-state index in [-0.39, 0.29) is 11.8 Å². The van der Waals surface area contributed by atoms with Crippen LogP contribution in [0.3, 0.4) is 0 Å². The lowest BCUT2D eigenvalue weighted by atomic mass is 10.1. The summed E-state index contributed by atoms with van der Waals surface area (Å²) in [7, 11) is -3.44. The lowest BCUT2D eigenvalue weighted by molar-refractivity contribution is -0.128. The predicted octanol–water partition coefficient (Wildman–Crippen LogP) is 3.55. The maximum Gasteiger partial charge on any atom is 0.243 e. The average Bonchev–Trinajstić information content (AvgIpc) is 3.23. The highest BCUT2D eigenvalue weighted by molar-refractivity contribution is 7.89. The number of likely N-dealkylation sites (tertiary alicyclic amines) is 1. The van der Waals surface area contributed by atoms with Crippen molar-refractivity contribution in [1.82, 2.24) is 9.21 Å². The first-order valence-electron chi connectivity index (χ1n) is 11.7. The molecule has 7 nitrogen and oxygen atoms in total. The topological polar surface area (TPSA) is 86.8 Å². The van der Waals surface area contributed by atoms with Crippen molar-refractivity contribution in [3.8, 4) is 0 Å². The Balaban J connectivity index is 1.29. The molecule has 1 N–H and O–H groups in total. The number of aryl methyl sites for hydroxylation is 1. The van der Waals surface area contributed by atoms with Crippen LogP contribution in [0, 0.1) is 0 Å². The van der Waals surface area contributed by atoms with Crippen molar-refractivity contribution in [3.05, 3.63) is 59.7 Å². The van der Waals surface area contributed by atoms with E-state index in [0.717, 1.165) is 43.4 Å². The Hall–Kier alpha value is -2.71. The van der Waals surface area contributed by atoms with Gasteiger partial charge in [-0.25, -0.2) is 8.42 Å². The van der Waals surface area contributed by atoms with Gasteiger partial charge in [0.05, 0.1) is 4.90 Å². The van der Waals surface area contributed by atoms with E-state index in [4.69, 9.17) is 0 Å². The van der Waals surface area contributed by atoms with E-state index >= 15 is 0 Å². The van der Waals surface area contributed by atoms with Crippen molar-refractivity contribution in [2.24, 2.45) is 0 Å². The molecule has 4 rings (SSSR count). The van der Waals surface area contributed by atoms with Gasteiger partial charge in [0.25, 0.3) is 0 Å². The number of carbonyl (C=O) groups is 2. The highest BCUT2D eigenvalue weighted by Gasteiger charge is 2.25. The quantitative estimate of drug-likeness (QED) is 0.641. The van der Waals surface area contributed by atoms with E-state index in [9.17, 15) is 18.0 Å². The first-order chi connectivity index (χ1) is 15.9. The largest absolute Gasteiger partial charge is 0.338 e. The molecular formula is C25H31N3O4S. The van der Waals surface area contributed by atoms with Crippen LogP contribution in [-0.4, -0.2) is 49.1 Å². The van der Waals surface area contributed by atoms with Gasteiger partial charge in [0.1, 0.15) is 0 Å². The number of hydrogen-bond donors (Lipinski definition) is 1. The van der Waals surface area contributed by atoms with Crippen molar-refractivity contribution in [1.29, 1.82) is 0 Å². The fraction of sp³-hybridized carbons (Fsp3) is 0.440. The molecule has 0 radical (unpaired) electrons. The normalized spacial score (nSPS) is 17.3. The number of benzene rings is 2. The van der Waals surface area contributed by atoms with Crippen LogP contribution in [0.15, 0.2) is 53.4 Å². The summed E-state index contributed by atoms with van der Waals surface area (Å²) < 4.78 is 27.1. The van der Waals surface area contributed by atoms with E-state index in [0.29, 0.717) is 49.5 Å². The first-order valence-corrected chi connectivity index (χ1v) is 13.1. The van der Waals surface area contributed by atoms with E-state index in [1.165, 1.54) is 0 Å². The molecule has 2 saturated heterocycles. The van der Waals surface area contributed by atoms with Gasteiger partial charge in [0.15, 0.2) is 0 Å². The summed E-state index contributed by atoms with van der Waals surface area (Å²) in [6, 6.07) is 14.4. The minimum absolute atomic E-state index is 0.102. The zero-order valence-electron chi connectivity index (χ0n) is 18.8. The van der Waals surface area contributed by atoms with Gasteiger partial charge in [-0.1, -0.05) is 30.7 Å². The Kier molecular flexibility index (Phi) is 7.45. The van der Waals surface area contributed by atoms with Crippen molar-refractivity contribution < 1.29 is 18.0 Å². The van der Waals surface area contributed by atoms with Crippen LogP contribution in [0.5, 0.6) is 0 Å². The summed E-state index contributed by atoms with van der Waals surface area (Å²) in [6.45, 7) is 2.52. The second-order valence-corrected chi connectivity index (χ2v) is 10.7. The summed E-state index contributed by atoms with van der Waals surface area (Å²) in [5, 5.41) is 2.92. The van der Waals surface area contributed by atoms with Gasteiger partial charge in [-0.3, -0.25) is 9.59 Å². The molecular weight excluding hydrogens is 438 g/mol. The third kappa shape index (κ3) is 6.00. The molecule has 2 fully saturated rings. The Labute approximate surface area is 195 Å². The van der Waals surface area contributed by atoms with Crippen LogP contribution >= 0.6 is 0 Å². The third-order valence-electron chi connectivity index (χ3n) is 6.27. The standard InChI is InChI=1S/C25H31N3O4S/c29-24(26-22-7-4-6-21(18-22)19-27-15-5-8-25(27)30)14-11-20-9-12-23(13-10-20)33(31,32)28-16-2-1-3-17-28/h4,6-7,9-10,12-13,18H,1-3,5,8,11,14-17,19H2,(H,26,29). The molecule has 2 aliphatic rings. The van der Waals surface area contributed by atoms with Crippen molar-refractivity contribution in [2.45, 2.75) is 56.4 Å². The molecule has 0 bridgehead atoms. The van der Waals surface area contributed by atoms with E-state index in [1.807, 2.05) is 29.2 Å². The molecule has 0 atom stereocenters. The van der Waals surface area contributed by atoms with E-state index < -0.39 is 10.0 Å². The zero-order chi connectivity index (χ0) is 23.3. The molecule has 0 spiro atoms. The van der Waals surface area contributed by atoms with Gasteiger partial charge in [0.2, 0.25) is 21.8 Å². The van der Waals surface area contributed by atoms with Crippen LogP contribution in [0.25, 0.3) is 0 Å². The zero-order valence-corrected chi connectivity index (χ0v) is 19.6. The van der Waals surface area contributed by atoms with Gasteiger partial charge in [-0.2, -0.15) is 4.31 Å². The fourth-order valence-electron chi connectivity index (χ4n) is 4.40. The summed E-state index contributed by atoms with van der Waals surface area (Å²) in [5.74, 6) is 0.0774. The molecule has 2 heterocycles. The predicted molar refractivity (Wildman–Crippen MR) is 127 cm³/mol. The molecule has 0 unspecified atom stereocenters. The van der Waals surface area contributed by atoms with Gasteiger partial charge in [-0.05, 0) is 61.1 Å². The number of nitrogens with zero attached hydrogens (tertiary/aromatic N) is 2. The average molecular weight is 470 g/mol. The molecule has 0 saturated carbocycles. The number of hydrogen-bond acceptors (Lipinski definition) is 4. The van der Waals surface area contributed by atoms with Crippen LogP contribution < -0.4 is 5.32 Å². The van der Waals surface area contributed by atoms with Crippen LogP contribution in [-0.2, 0) is 32.6 Å². The molecule has 0 aromatic heterocycles. The minimum Gasteiger partial charge on any atom is -0.338 e. The molecule has 2 aromatic rings. The van der Waals surface area contributed by atoms with Crippen LogP contribution in [0.2, 0.25) is 0 Å². The molecule has 2 aliphatic heterocycles. The molecule has 8 heteroatoms. The van der Waals surface area contributed by atoms with Crippen molar-refractivity contribution >= 4 is 27.5 Å². The summed E-state index contributed by atoms with van der Waals surface area (Å²) in [4.78, 5) is 26.4. The molecule has 176 valence electrons. The van der Waals surface area contributed by atoms with Gasteiger partial charge >= 0.3 is 0 Å². The van der Waals surface area contributed by atoms with E-state index in [1.54, 1.807) is 28.6 Å². The summed E-state index contributed by atoms with van der Waals surface area (Å²) in [5.41, 5.74) is 2.63. The Morgan fingerprint density at radius 1 is 0.909 bits per heavy atom. The number of anilines is 1. The Morgan fingerprint density at radius 2 is 1.67 bits per heavy atom. The SMILES string of the molecule is O=C(CCc1ccc(S(=O)(=O)N2CCCCC2)cc1)Nc1cccc(CN2CCCC2=O)c1. The maximum absolute atomic E-state index is 12.8. The fourth-order valence-corrected chi connectivity index (χ4v) is 5.92. The lowest BCUT2D eigenvalue weighted by Crippen LogP contribution is -2.35. The van der Waals surface area contributed by atoms with Crippen molar-refractivity contribution in [3.63, 3.8) is 0 Å². The second kappa shape index (κ2) is 10.5. The Bertz CT molecular complexity index is 1090. The highest BCUT2D eigenvalue weighted by Crippen LogP contribution is 2.21. The van der Waals surface area contributed by atoms with E-state index in [2.05, 4.69) is 5.32 Å². The number of carbonyl (C=O) groups excluding carboxylic acids is 2. The van der Waals surface area contributed by atoms with Gasteiger partial charge in [-0.15, -0.1) is 0 Å². The van der Waals surface area contributed by atoms with Crippen LogP contribution in [0.1, 0.15) is 49.7 Å². The minimum atomic E-state index is -3.44. The van der Waals surface area contributed by atoms with Crippen molar-refractivity contribution in [2.75, 3.05) is 25.0 Å². The maximum atomic E-state index is 12.8. The smallest absolute Gasteiger partial charge is 0.243 e. The number of rotatable bonds is 8. The van der Waals surface area contributed by atoms with Crippen LogP contribution in [0.4, 0.5) is 5.69 Å². The summed E-state index contributed by atoms with van der Waals surface area (Å²) in [6.07, 6.45) is 5.24. The molecule has 2 aromatic carbocycles. The number of piperidine rings is 1. The molecule has 33 heavy (non-hydrogen) atoms. The number of amides is 2. The monoisotopic (exact) mass is 469 g/mol. The van der Waals surface area contributed by atoms with Gasteiger partial charge < -0.3 is 10.2 Å². The number of sulfonamides is 1. The second-order valence-electron chi connectivity index (χ2n) is 8.78. The molecule has 2 amide bonds. The Morgan fingerprint density at radius 3 is 2.36 bits per heavy atom. The summed E-state index contributed by atoms with van der Waals surface area (Å²) >= 11 is 0. The number of nitrogens with one attached hydrogen (secondary N) is 1. The first kappa shape index (κ1) is 23.4. The molecule has 0 aliphatic carbocycles. The van der Waals surface area contributed by atoms with Gasteiger partial charge in [0, 0.05) is 44.7 Å².